The maximum atomic E-state index is 12.4. The minimum absolute atomic E-state index is 0.161. The average molecular weight is 386 g/mol. The van der Waals surface area contributed by atoms with Crippen LogP contribution in [0, 0.1) is 6.92 Å². The zero-order valence-corrected chi connectivity index (χ0v) is 15.4. The molecule has 8 nitrogen and oxygen atoms in total. The first-order chi connectivity index (χ1) is 12.9. The summed E-state index contributed by atoms with van der Waals surface area (Å²) in [5, 5.41) is 6.39. The van der Waals surface area contributed by atoms with Crippen LogP contribution < -0.4 is 10.0 Å². The number of carbonyl (C=O) groups is 1. The number of nitrogens with one attached hydrogen (secondary N) is 2. The highest BCUT2D eigenvalue weighted by atomic mass is 32.2. The fourth-order valence-electron chi connectivity index (χ4n) is 2.36. The Morgan fingerprint density at radius 1 is 1.07 bits per heavy atom. The number of aromatic nitrogens is 2. The van der Waals surface area contributed by atoms with Crippen LogP contribution in [0.1, 0.15) is 18.1 Å². The van der Waals surface area contributed by atoms with Gasteiger partial charge in [0, 0.05) is 18.5 Å². The largest absolute Gasteiger partial charge is 0.339 e. The van der Waals surface area contributed by atoms with Crippen LogP contribution in [0.25, 0.3) is 0 Å². The number of nitrogens with zero attached hydrogens (tertiary/aromatic N) is 2. The third-order valence-electron chi connectivity index (χ3n) is 3.59. The summed E-state index contributed by atoms with van der Waals surface area (Å²) in [6.45, 7) is 1.70. The summed E-state index contributed by atoms with van der Waals surface area (Å²) >= 11 is 0. The number of hydrogen-bond acceptors (Lipinski definition) is 6. The Morgan fingerprint density at radius 2 is 1.81 bits per heavy atom. The van der Waals surface area contributed by atoms with Crippen molar-refractivity contribution in [3.63, 3.8) is 0 Å². The summed E-state index contributed by atoms with van der Waals surface area (Å²) < 4.78 is 32.2. The van der Waals surface area contributed by atoms with Crippen LogP contribution in [0.3, 0.4) is 0 Å². The van der Waals surface area contributed by atoms with Gasteiger partial charge in [-0.05, 0) is 37.3 Å². The fourth-order valence-corrected chi connectivity index (χ4v) is 3.43. The number of rotatable bonds is 7. The lowest BCUT2D eigenvalue weighted by atomic mass is 10.2. The minimum Gasteiger partial charge on any atom is -0.339 e. The van der Waals surface area contributed by atoms with Gasteiger partial charge in [0.15, 0.2) is 5.82 Å². The molecule has 3 rings (SSSR count). The summed E-state index contributed by atoms with van der Waals surface area (Å²) in [7, 11) is -3.69. The SMILES string of the molecule is Cc1noc(CCC(=O)Nc2cccc(NS(=O)(=O)c3ccccc3)c2)n1. The minimum atomic E-state index is -3.69. The lowest BCUT2D eigenvalue weighted by molar-refractivity contribution is -0.116. The van der Waals surface area contributed by atoms with E-state index in [0.717, 1.165) is 0 Å². The molecular weight excluding hydrogens is 368 g/mol. The molecular formula is C18H18N4O4S. The molecule has 0 bridgehead atoms. The molecule has 0 fully saturated rings. The molecule has 140 valence electrons. The maximum absolute atomic E-state index is 12.4. The second-order valence-corrected chi connectivity index (χ2v) is 7.47. The standard InChI is InChI=1S/C18H18N4O4S/c1-13-19-18(26-21-13)11-10-17(23)20-14-6-5-7-15(12-14)22-27(24,25)16-8-3-2-4-9-16/h2-9,12,22H,10-11H2,1H3,(H,20,23). The molecule has 1 aromatic heterocycles. The number of amides is 1. The second kappa shape index (κ2) is 8.00. The highest BCUT2D eigenvalue weighted by Gasteiger charge is 2.14. The molecule has 1 amide bonds. The van der Waals surface area contributed by atoms with Crippen LogP contribution in [0.5, 0.6) is 0 Å². The molecule has 0 spiro atoms. The van der Waals surface area contributed by atoms with E-state index >= 15 is 0 Å². The van der Waals surface area contributed by atoms with Crippen molar-refractivity contribution in [1.82, 2.24) is 10.1 Å². The van der Waals surface area contributed by atoms with E-state index in [1.807, 2.05) is 0 Å². The van der Waals surface area contributed by atoms with Gasteiger partial charge in [-0.25, -0.2) is 8.42 Å². The van der Waals surface area contributed by atoms with E-state index in [1.54, 1.807) is 49.4 Å². The van der Waals surface area contributed by atoms with E-state index < -0.39 is 10.0 Å². The van der Waals surface area contributed by atoms with Gasteiger partial charge in [-0.3, -0.25) is 9.52 Å². The van der Waals surface area contributed by atoms with Crippen molar-refractivity contribution in [2.75, 3.05) is 10.0 Å². The van der Waals surface area contributed by atoms with E-state index in [4.69, 9.17) is 4.52 Å². The molecule has 0 saturated carbocycles. The zero-order valence-electron chi connectivity index (χ0n) is 14.5. The first kappa shape index (κ1) is 18.6. The van der Waals surface area contributed by atoms with Crippen molar-refractivity contribution in [1.29, 1.82) is 0 Å². The van der Waals surface area contributed by atoms with Crippen molar-refractivity contribution in [3.05, 3.63) is 66.3 Å². The van der Waals surface area contributed by atoms with Crippen LogP contribution in [0.15, 0.2) is 64.0 Å². The molecule has 1 heterocycles. The first-order valence-electron chi connectivity index (χ1n) is 8.19. The summed E-state index contributed by atoms with van der Waals surface area (Å²) in [6.07, 6.45) is 0.495. The average Bonchev–Trinajstić information content (AvgIpc) is 3.06. The highest BCUT2D eigenvalue weighted by molar-refractivity contribution is 7.92. The summed E-state index contributed by atoms with van der Waals surface area (Å²) in [6, 6.07) is 14.5. The number of sulfonamides is 1. The van der Waals surface area contributed by atoms with Gasteiger partial charge in [0.05, 0.1) is 10.6 Å². The Labute approximate surface area is 156 Å². The second-order valence-electron chi connectivity index (χ2n) is 5.78. The Balaban J connectivity index is 1.62. The van der Waals surface area contributed by atoms with Crippen molar-refractivity contribution in [2.24, 2.45) is 0 Å². The number of hydrogen-bond donors (Lipinski definition) is 2. The van der Waals surface area contributed by atoms with Crippen molar-refractivity contribution in [2.45, 2.75) is 24.7 Å². The third kappa shape index (κ3) is 5.14. The number of benzene rings is 2. The maximum Gasteiger partial charge on any atom is 0.261 e. The van der Waals surface area contributed by atoms with Crippen LogP contribution in [-0.4, -0.2) is 24.5 Å². The van der Waals surface area contributed by atoms with E-state index in [1.165, 1.54) is 12.1 Å². The molecule has 0 aliphatic carbocycles. The quantitative estimate of drug-likeness (QED) is 0.645. The Kier molecular flexibility index (Phi) is 5.51. The predicted octanol–water partition coefficient (Wildman–Crippen LogP) is 2.75. The summed E-state index contributed by atoms with van der Waals surface area (Å²) in [5.74, 6) is 0.671. The molecule has 3 aromatic rings. The first-order valence-corrected chi connectivity index (χ1v) is 9.68. The van der Waals surface area contributed by atoms with Crippen LogP contribution in [0.2, 0.25) is 0 Å². The molecule has 2 aromatic carbocycles. The van der Waals surface area contributed by atoms with Crippen molar-refractivity contribution >= 4 is 27.3 Å². The summed E-state index contributed by atoms with van der Waals surface area (Å²) in [4.78, 5) is 16.3. The number of anilines is 2. The van der Waals surface area contributed by atoms with Gasteiger partial charge in [0.25, 0.3) is 10.0 Å². The molecule has 9 heteroatoms. The van der Waals surface area contributed by atoms with Crippen LogP contribution in [-0.2, 0) is 21.2 Å². The monoisotopic (exact) mass is 386 g/mol. The highest BCUT2D eigenvalue weighted by Crippen LogP contribution is 2.19. The Bertz CT molecular complexity index is 1030. The van der Waals surface area contributed by atoms with Crippen LogP contribution >= 0.6 is 0 Å². The van der Waals surface area contributed by atoms with E-state index in [-0.39, 0.29) is 17.2 Å². The predicted molar refractivity (Wildman–Crippen MR) is 99.7 cm³/mol. The zero-order chi connectivity index (χ0) is 19.3. The molecule has 27 heavy (non-hydrogen) atoms. The Hall–Kier alpha value is -3.20. The summed E-state index contributed by atoms with van der Waals surface area (Å²) in [5.41, 5.74) is 0.833. The Morgan fingerprint density at radius 3 is 2.52 bits per heavy atom. The van der Waals surface area contributed by atoms with Gasteiger partial charge in [-0.15, -0.1) is 0 Å². The van der Waals surface area contributed by atoms with Crippen molar-refractivity contribution < 1.29 is 17.7 Å². The third-order valence-corrected chi connectivity index (χ3v) is 4.98. The van der Waals surface area contributed by atoms with Crippen LogP contribution in [0.4, 0.5) is 11.4 Å². The van der Waals surface area contributed by atoms with Crippen molar-refractivity contribution in [3.8, 4) is 0 Å². The number of aryl methyl sites for hydroxylation is 2. The van der Waals surface area contributed by atoms with Gasteiger partial charge in [-0.2, -0.15) is 4.98 Å². The molecule has 2 N–H and O–H groups in total. The molecule has 0 radical (unpaired) electrons. The normalized spacial score (nSPS) is 11.1. The molecule has 0 saturated heterocycles. The van der Waals surface area contributed by atoms with Gasteiger partial charge in [0.2, 0.25) is 11.8 Å². The lowest BCUT2D eigenvalue weighted by Gasteiger charge is -2.10. The number of carbonyl (C=O) groups excluding carboxylic acids is 1. The van der Waals surface area contributed by atoms with E-state index in [9.17, 15) is 13.2 Å². The molecule has 0 aliphatic heterocycles. The van der Waals surface area contributed by atoms with E-state index in [2.05, 4.69) is 20.2 Å². The fraction of sp³-hybridized carbons (Fsp3) is 0.167. The van der Waals surface area contributed by atoms with Gasteiger partial charge in [0.1, 0.15) is 0 Å². The smallest absolute Gasteiger partial charge is 0.261 e. The van der Waals surface area contributed by atoms with E-state index in [0.29, 0.717) is 29.5 Å². The van der Waals surface area contributed by atoms with Gasteiger partial charge < -0.3 is 9.84 Å². The lowest BCUT2D eigenvalue weighted by Crippen LogP contribution is -2.14. The van der Waals surface area contributed by atoms with Gasteiger partial charge >= 0.3 is 0 Å². The topological polar surface area (TPSA) is 114 Å². The molecule has 0 aliphatic rings. The molecule has 0 atom stereocenters. The van der Waals surface area contributed by atoms with Gasteiger partial charge in [-0.1, -0.05) is 29.4 Å². The molecule has 0 unspecified atom stereocenters.